The summed E-state index contributed by atoms with van der Waals surface area (Å²) >= 11 is 1.38. The second kappa shape index (κ2) is 9.38. The average Bonchev–Trinajstić information content (AvgIpc) is 3.37. The Morgan fingerprint density at radius 2 is 2.20 bits per heavy atom. The van der Waals surface area contributed by atoms with Crippen molar-refractivity contribution in [1.29, 1.82) is 0 Å². The number of nitrogens with one attached hydrogen (secondary N) is 1. The number of carbonyl (C=O) groups excluding carboxylic acids is 1. The average molecular weight is 427 g/mol. The lowest BCUT2D eigenvalue weighted by molar-refractivity contribution is -0.119. The Hall–Kier alpha value is -2.74. The van der Waals surface area contributed by atoms with Gasteiger partial charge in [0.25, 0.3) is 0 Å². The van der Waals surface area contributed by atoms with Crippen LogP contribution in [0, 0.1) is 0 Å². The SMILES string of the molecule is C=CCn1c(SCC(=O)NC2CCCCC2)nnc1-c1cc2cccc(OC)c2o1. The van der Waals surface area contributed by atoms with Crippen molar-refractivity contribution >= 4 is 28.6 Å². The third-order valence-corrected chi connectivity index (χ3v) is 6.25. The van der Waals surface area contributed by atoms with E-state index in [1.807, 2.05) is 28.8 Å². The minimum atomic E-state index is 0.0371. The van der Waals surface area contributed by atoms with Crippen LogP contribution in [-0.2, 0) is 11.3 Å². The zero-order valence-corrected chi connectivity index (χ0v) is 17.9. The third-order valence-electron chi connectivity index (χ3n) is 5.28. The van der Waals surface area contributed by atoms with Gasteiger partial charge in [0.05, 0.1) is 12.9 Å². The number of hydrogen-bond acceptors (Lipinski definition) is 6. The molecule has 0 saturated heterocycles. The lowest BCUT2D eigenvalue weighted by Gasteiger charge is -2.22. The van der Waals surface area contributed by atoms with E-state index in [1.165, 1.54) is 31.0 Å². The molecule has 1 aromatic carbocycles. The maximum atomic E-state index is 12.4. The lowest BCUT2D eigenvalue weighted by Crippen LogP contribution is -2.37. The van der Waals surface area contributed by atoms with E-state index in [9.17, 15) is 4.79 Å². The van der Waals surface area contributed by atoms with Crippen LogP contribution in [0.25, 0.3) is 22.6 Å². The number of thioether (sulfide) groups is 1. The Labute approximate surface area is 179 Å². The summed E-state index contributed by atoms with van der Waals surface area (Å²) in [5.41, 5.74) is 0.671. The molecule has 158 valence electrons. The number of aromatic nitrogens is 3. The highest BCUT2D eigenvalue weighted by molar-refractivity contribution is 7.99. The molecule has 1 aliphatic rings. The van der Waals surface area contributed by atoms with Crippen molar-refractivity contribution in [2.45, 2.75) is 49.8 Å². The first-order chi connectivity index (χ1) is 14.7. The van der Waals surface area contributed by atoms with Gasteiger partial charge in [0.1, 0.15) is 0 Å². The molecule has 2 heterocycles. The van der Waals surface area contributed by atoms with Crippen LogP contribution in [0.3, 0.4) is 0 Å². The molecule has 0 radical (unpaired) electrons. The number of hydrogen-bond donors (Lipinski definition) is 1. The Balaban J connectivity index is 1.52. The highest BCUT2D eigenvalue weighted by Gasteiger charge is 2.20. The Bertz CT molecular complexity index is 1040. The third kappa shape index (κ3) is 4.38. The molecule has 1 saturated carbocycles. The number of rotatable bonds is 8. The Morgan fingerprint density at radius 1 is 1.37 bits per heavy atom. The van der Waals surface area contributed by atoms with Gasteiger partial charge in [0.2, 0.25) is 11.7 Å². The molecule has 4 rings (SSSR count). The lowest BCUT2D eigenvalue weighted by atomic mass is 9.95. The first-order valence-electron chi connectivity index (χ1n) is 10.2. The molecule has 1 fully saturated rings. The minimum Gasteiger partial charge on any atom is -0.493 e. The van der Waals surface area contributed by atoms with Crippen molar-refractivity contribution in [2.24, 2.45) is 0 Å². The summed E-state index contributed by atoms with van der Waals surface area (Å²) in [4.78, 5) is 12.4. The molecule has 0 bridgehead atoms. The fourth-order valence-electron chi connectivity index (χ4n) is 3.83. The largest absolute Gasteiger partial charge is 0.493 e. The molecule has 1 aliphatic carbocycles. The predicted octanol–water partition coefficient (Wildman–Crippen LogP) is 4.43. The molecule has 3 aromatic rings. The second-order valence-corrected chi connectivity index (χ2v) is 8.33. The summed E-state index contributed by atoms with van der Waals surface area (Å²) in [5, 5.41) is 13.4. The van der Waals surface area contributed by atoms with Crippen molar-refractivity contribution in [2.75, 3.05) is 12.9 Å². The van der Waals surface area contributed by atoms with Crippen LogP contribution in [0.1, 0.15) is 32.1 Å². The fourth-order valence-corrected chi connectivity index (χ4v) is 4.58. The van der Waals surface area contributed by atoms with E-state index >= 15 is 0 Å². The molecule has 8 heteroatoms. The van der Waals surface area contributed by atoms with Crippen molar-refractivity contribution in [3.8, 4) is 17.3 Å². The van der Waals surface area contributed by atoms with Crippen LogP contribution < -0.4 is 10.1 Å². The normalized spacial score (nSPS) is 14.7. The number of ether oxygens (including phenoxy) is 1. The van der Waals surface area contributed by atoms with Crippen LogP contribution in [-0.4, -0.2) is 39.6 Å². The van der Waals surface area contributed by atoms with E-state index in [1.54, 1.807) is 13.2 Å². The number of amides is 1. The maximum absolute atomic E-state index is 12.4. The molecular formula is C22H26N4O3S. The van der Waals surface area contributed by atoms with Crippen molar-refractivity contribution in [1.82, 2.24) is 20.1 Å². The maximum Gasteiger partial charge on any atom is 0.230 e. The van der Waals surface area contributed by atoms with Crippen LogP contribution in [0.15, 0.2) is 46.5 Å². The highest BCUT2D eigenvalue weighted by Crippen LogP contribution is 2.33. The Morgan fingerprint density at radius 3 is 2.97 bits per heavy atom. The fraction of sp³-hybridized carbons (Fsp3) is 0.409. The van der Waals surface area contributed by atoms with Gasteiger partial charge < -0.3 is 14.5 Å². The van der Waals surface area contributed by atoms with Gasteiger partial charge in [-0.1, -0.05) is 49.2 Å². The monoisotopic (exact) mass is 426 g/mol. The molecule has 1 N–H and O–H groups in total. The first-order valence-corrected chi connectivity index (χ1v) is 11.2. The standard InChI is InChI=1S/C22H26N4O3S/c1-3-12-26-21(18-13-15-8-7-11-17(28-2)20(15)29-18)24-25-22(26)30-14-19(27)23-16-9-5-4-6-10-16/h3,7-8,11,13,16H,1,4-6,9-10,12,14H2,2H3,(H,23,27). The van der Waals surface area contributed by atoms with Crippen LogP contribution in [0.2, 0.25) is 0 Å². The Kier molecular flexibility index (Phi) is 6.42. The highest BCUT2D eigenvalue weighted by atomic mass is 32.2. The summed E-state index contributed by atoms with van der Waals surface area (Å²) in [6, 6.07) is 7.96. The summed E-state index contributed by atoms with van der Waals surface area (Å²) < 4.78 is 13.3. The van der Waals surface area contributed by atoms with Gasteiger partial charge in [0, 0.05) is 18.0 Å². The molecule has 2 aromatic heterocycles. The topological polar surface area (TPSA) is 82.2 Å². The number of allylic oxidation sites excluding steroid dienone is 1. The van der Waals surface area contributed by atoms with E-state index in [-0.39, 0.29) is 5.91 Å². The number of benzene rings is 1. The van der Waals surface area contributed by atoms with Crippen molar-refractivity contribution in [3.05, 3.63) is 36.9 Å². The number of carbonyl (C=O) groups is 1. The van der Waals surface area contributed by atoms with Crippen molar-refractivity contribution < 1.29 is 13.9 Å². The summed E-state index contributed by atoms with van der Waals surface area (Å²) in [7, 11) is 1.62. The first kappa shape index (κ1) is 20.5. The summed E-state index contributed by atoms with van der Waals surface area (Å²) in [6.07, 6.45) is 7.57. The van der Waals surface area contributed by atoms with Gasteiger partial charge >= 0.3 is 0 Å². The number of furan rings is 1. The van der Waals surface area contributed by atoms with Gasteiger partial charge in [-0.05, 0) is 25.0 Å². The van der Waals surface area contributed by atoms with Gasteiger partial charge in [-0.25, -0.2) is 0 Å². The molecule has 0 spiro atoms. The zero-order chi connectivity index (χ0) is 20.9. The summed E-state index contributed by atoms with van der Waals surface area (Å²) in [5.74, 6) is 2.21. The molecule has 7 nitrogen and oxygen atoms in total. The summed E-state index contributed by atoms with van der Waals surface area (Å²) in [6.45, 7) is 4.36. The van der Waals surface area contributed by atoms with E-state index < -0.39 is 0 Å². The quantitative estimate of drug-likeness (QED) is 0.424. The smallest absolute Gasteiger partial charge is 0.230 e. The molecule has 1 amide bonds. The zero-order valence-electron chi connectivity index (χ0n) is 17.1. The molecule has 0 atom stereocenters. The molecule has 0 aliphatic heterocycles. The second-order valence-electron chi connectivity index (χ2n) is 7.39. The predicted molar refractivity (Wildman–Crippen MR) is 118 cm³/mol. The van der Waals surface area contributed by atoms with E-state index in [0.717, 1.165) is 18.2 Å². The van der Waals surface area contributed by atoms with Crippen LogP contribution in [0.4, 0.5) is 0 Å². The number of nitrogens with zero attached hydrogens (tertiary/aromatic N) is 3. The van der Waals surface area contributed by atoms with Gasteiger partial charge in [-0.2, -0.15) is 0 Å². The molecule has 30 heavy (non-hydrogen) atoms. The number of methoxy groups -OCH3 is 1. The minimum absolute atomic E-state index is 0.0371. The number of para-hydroxylation sites is 1. The van der Waals surface area contributed by atoms with Crippen molar-refractivity contribution in [3.63, 3.8) is 0 Å². The van der Waals surface area contributed by atoms with E-state index in [2.05, 4.69) is 22.1 Å². The number of fused-ring (bicyclic) bond motifs is 1. The molecular weight excluding hydrogens is 400 g/mol. The molecule has 0 unspecified atom stereocenters. The van der Waals surface area contributed by atoms with Crippen LogP contribution >= 0.6 is 11.8 Å². The van der Waals surface area contributed by atoms with Gasteiger partial charge in [-0.3, -0.25) is 9.36 Å². The van der Waals surface area contributed by atoms with Gasteiger partial charge in [0.15, 0.2) is 22.2 Å². The van der Waals surface area contributed by atoms with E-state index in [0.29, 0.717) is 46.4 Å². The van der Waals surface area contributed by atoms with Crippen LogP contribution in [0.5, 0.6) is 5.75 Å². The van der Waals surface area contributed by atoms with Gasteiger partial charge in [-0.15, -0.1) is 16.8 Å². The van der Waals surface area contributed by atoms with E-state index in [4.69, 9.17) is 9.15 Å².